The van der Waals surface area contributed by atoms with Crippen LogP contribution in [-0.2, 0) is 26.7 Å². The predicted octanol–water partition coefficient (Wildman–Crippen LogP) is -4.49. The average molecular weight is 372 g/mol. The molecule has 0 amide bonds. The van der Waals surface area contributed by atoms with Gasteiger partial charge in [0.05, 0.1) is 11.9 Å². The van der Waals surface area contributed by atoms with Crippen LogP contribution >= 0.6 is 23.5 Å². The second kappa shape index (κ2) is 9.88. The summed E-state index contributed by atoms with van der Waals surface area (Å²) >= 11 is 2.48. The van der Waals surface area contributed by atoms with E-state index in [1.54, 1.807) is 0 Å². The zero-order valence-corrected chi connectivity index (χ0v) is 12.4. The smallest absolute Gasteiger partial charge is 0.548 e. The van der Waals surface area contributed by atoms with Crippen LogP contribution in [0.15, 0.2) is 9.98 Å². The van der Waals surface area contributed by atoms with Gasteiger partial charge in [-0.3, -0.25) is 9.98 Å². The first-order valence-electron chi connectivity index (χ1n) is 4.74. The number of carbonyl (C=O) groups is 2. The van der Waals surface area contributed by atoms with Crippen molar-refractivity contribution in [3.63, 3.8) is 0 Å². The number of aliphatic imine (C=N–C) groups is 2. The number of carboxylic acid groups (broad SMARTS) is 2. The van der Waals surface area contributed by atoms with Gasteiger partial charge in [0.1, 0.15) is 12.1 Å². The Labute approximate surface area is 133 Å². The van der Waals surface area contributed by atoms with Gasteiger partial charge < -0.3 is 36.7 Å². The van der Waals surface area contributed by atoms with Crippen molar-refractivity contribution < 1.29 is 42.3 Å². The van der Waals surface area contributed by atoms with E-state index in [1.807, 2.05) is 0 Å². The van der Waals surface area contributed by atoms with Crippen molar-refractivity contribution in [3.05, 3.63) is 0 Å². The maximum absolute atomic E-state index is 10.1. The molecule has 12 heteroatoms. The molecular weight excluding hydrogens is 360 g/mol. The van der Waals surface area contributed by atoms with E-state index in [4.69, 9.17) is 11.5 Å². The number of carbonyl (C=O) groups excluding carboxylic acids is 2. The van der Waals surface area contributed by atoms with Gasteiger partial charge in [-0.15, -0.1) is 0 Å². The number of hydrogen-bond donors (Lipinski definition) is 2. The summed E-state index contributed by atoms with van der Waals surface area (Å²) in [5.41, 5.74) is 10.4. The van der Waals surface area contributed by atoms with Crippen molar-refractivity contribution in [2.45, 2.75) is 12.1 Å². The third-order valence-corrected chi connectivity index (χ3v) is 3.66. The van der Waals surface area contributed by atoms with Crippen molar-refractivity contribution in [1.82, 2.24) is 0 Å². The number of nitrogens with two attached hydrogens (primary N) is 2. The zero-order valence-electron chi connectivity index (χ0n) is 9.87. The minimum absolute atomic E-state index is 0. The molecule has 0 fully saturated rings. The summed E-state index contributed by atoms with van der Waals surface area (Å²) in [5.74, 6) is -1.48. The Hall–Kier alpha value is -0.941. The van der Waals surface area contributed by atoms with Crippen LogP contribution in [0, 0.1) is 0 Å². The molecular formula is C8H12CuN4O5S2. The fourth-order valence-electron chi connectivity index (χ4n) is 1.03. The van der Waals surface area contributed by atoms with E-state index in [0.717, 1.165) is 0 Å². The summed E-state index contributed by atoms with van der Waals surface area (Å²) in [6.45, 7) is 0. The normalized spacial score (nSPS) is 23.2. The van der Waals surface area contributed by atoms with Crippen molar-refractivity contribution in [2.75, 3.05) is 11.5 Å². The van der Waals surface area contributed by atoms with Crippen LogP contribution in [-0.4, -0.2) is 51.3 Å². The van der Waals surface area contributed by atoms with E-state index in [1.165, 1.54) is 23.5 Å². The van der Waals surface area contributed by atoms with E-state index < -0.39 is 24.0 Å². The van der Waals surface area contributed by atoms with Gasteiger partial charge in [-0.1, -0.05) is 23.5 Å². The summed E-state index contributed by atoms with van der Waals surface area (Å²) in [6, 6.07) is -1.45. The maximum atomic E-state index is 10.1. The van der Waals surface area contributed by atoms with Crippen molar-refractivity contribution in [3.8, 4) is 0 Å². The Morgan fingerprint density at radius 2 is 1.30 bits per heavy atom. The summed E-state index contributed by atoms with van der Waals surface area (Å²) in [6.07, 6.45) is 0. The van der Waals surface area contributed by atoms with Gasteiger partial charge in [-0.2, -0.15) is 0 Å². The predicted molar refractivity (Wildman–Crippen MR) is 69.4 cm³/mol. The van der Waals surface area contributed by atoms with Gasteiger partial charge in [-0.25, -0.2) is 0 Å². The summed E-state index contributed by atoms with van der Waals surface area (Å²) in [5, 5.41) is 20.8. The van der Waals surface area contributed by atoms with Gasteiger partial charge in [0.2, 0.25) is 0 Å². The molecule has 0 saturated carbocycles. The summed E-state index contributed by atoms with van der Waals surface area (Å²) < 4.78 is 0. The molecule has 1 radical (unpaired) electrons. The molecule has 0 aromatic heterocycles. The van der Waals surface area contributed by atoms with Gasteiger partial charge in [0, 0.05) is 11.5 Å². The second-order valence-corrected chi connectivity index (χ2v) is 5.31. The number of amidine groups is 2. The largest absolute Gasteiger partial charge is 2.00 e. The Morgan fingerprint density at radius 1 is 1.00 bits per heavy atom. The maximum Gasteiger partial charge on any atom is 2.00 e. The molecule has 0 bridgehead atoms. The van der Waals surface area contributed by atoms with E-state index in [-0.39, 0.29) is 22.5 Å². The molecule has 0 unspecified atom stereocenters. The van der Waals surface area contributed by atoms with Crippen LogP contribution in [0.25, 0.3) is 0 Å². The van der Waals surface area contributed by atoms with Crippen molar-refractivity contribution in [2.24, 2.45) is 21.5 Å². The van der Waals surface area contributed by atoms with Gasteiger partial charge >= 0.3 is 17.1 Å². The molecule has 117 valence electrons. The van der Waals surface area contributed by atoms with E-state index in [2.05, 4.69) is 9.98 Å². The van der Waals surface area contributed by atoms with Crippen molar-refractivity contribution >= 4 is 45.8 Å². The van der Waals surface area contributed by atoms with Crippen LogP contribution in [0.2, 0.25) is 0 Å². The van der Waals surface area contributed by atoms with E-state index in [9.17, 15) is 19.8 Å². The van der Waals surface area contributed by atoms with Gasteiger partial charge in [-0.05, 0) is 0 Å². The number of rotatable bonds is 2. The zero-order chi connectivity index (χ0) is 13.7. The van der Waals surface area contributed by atoms with Crippen LogP contribution in [0.1, 0.15) is 0 Å². The monoisotopic (exact) mass is 371 g/mol. The molecule has 0 aromatic rings. The number of carboxylic acids is 2. The molecule has 0 spiro atoms. The Balaban J connectivity index is 0. The standard InChI is InChI=1S/2C4H6N2O2S.Cu.H2O/c2*5-4-6-2(1-9-4)3(7)8;;/h2*2H,1H2,(H2,5,6)(H,7,8);;1H2/q;;+2;/p-2/t2*2-;;/m00../s1. The van der Waals surface area contributed by atoms with Crippen LogP contribution in [0.4, 0.5) is 0 Å². The molecule has 2 aliphatic heterocycles. The molecule has 20 heavy (non-hydrogen) atoms. The molecule has 2 aliphatic rings. The number of nitrogens with zero attached hydrogens (tertiary/aromatic N) is 2. The minimum Gasteiger partial charge on any atom is -0.548 e. The third kappa shape index (κ3) is 7.01. The topological polar surface area (TPSA) is 189 Å². The number of hydrogen-bond acceptors (Lipinski definition) is 10. The average Bonchev–Trinajstić information content (AvgIpc) is 2.88. The molecule has 0 saturated heterocycles. The molecule has 2 atom stereocenters. The number of thioether (sulfide) groups is 2. The van der Waals surface area contributed by atoms with Gasteiger partial charge in [0.15, 0.2) is 10.3 Å². The van der Waals surface area contributed by atoms with Crippen LogP contribution in [0.3, 0.4) is 0 Å². The van der Waals surface area contributed by atoms with Crippen LogP contribution in [0.5, 0.6) is 0 Å². The first-order valence-corrected chi connectivity index (χ1v) is 6.71. The Kier molecular flexibility index (Phi) is 10.6. The molecule has 0 aliphatic carbocycles. The van der Waals surface area contributed by atoms with E-state index >= 15 is 0 Å². The quantitative estimate of drug-likeness (QED) is 0.454. The number of aliphatic carboxylic acids is 2. The fraction of sp³-hybridized carbons (Fsp3) is 0.500. The van der Waals surface area contributed by atoms with Gasteiger partial charge in [0.25, 0.3) is 0 Å². The first kappa shape index (κ1) is 21.4. The minimum atomic E-state index is -1.15. The Bertz CT molecular complexity index is 382. The van der Waals surface area contributed by atoms with Crippen LogP contribution < -0.4 is 21.7 Å². The fourth-order valence-corrected chi connectivity index (χ4v) is 2.51. The first-order chi connectivity index (χ1) is 8.40. The molecule has 2 heterocycles. The molecule has 6 N–H and O–H groups in total. The summed E-state index contributed by atoms with van der Waals surface area (Å²) in [4.78, 5) is 27.3. The molecule has 2 rings (SSSR count). The molecule has 9 nitrogen and oxygen atoms in total. The third-order valence-electron chi connectivity index (χ3n) is 1.89. The molecule has 0 aromatic carbocycles. The SMILES string of the molecule is NC1=N[C@H](C(=O)[O-])CS1.NC1=N[C@H](C(=O)[O-])CS1.O.[Cu+2]. The Morgan fingerprint density at radius 3 is 1.40 bits per heavy atom. The van der Waals surface area contributed by atoms with E-state index in [0.29, 0.717) is 21.8 Å². The second-order valence-electron chi connectivity index (χ2n) is 3.23. The van der Waals surface area contributed by atoms with Crippen molar-refractivity contribution in [1.29, 1.82) is 0 Å². The summed E-state index contributed by atoms with van der Waals surface area (Å²) in [7, 11) is 0.